The van der Waals surface area contributed by atoms with Gasteiger partial charge in [0.1, 0.15) is 5.78 Å². The Morgan fingerprint density at radius 3 is 2.50 bits per heavy atom. The summed E-state index contributed by atoms with van der Waals surface area (Å²) in [5.74, 6) is 1.09. The number of Topliss-reactive ketones (excluding diaryl/α,β-unsaturated/α-hetero) is 1. The molecule has 1 aromatic rings. The summed E-state index contributed by atoms with van der Waals surface area (Å²) in [7, 11) is 0. The lowest BCUT2D eigenvalue weighted by Gasteiger charge is -2.07. The lowest BCUT2D eigenvalue weighted by molar-refractivity contribution is -0.116. The molecule has 0 bridgehead atoms. The molecule has 0 aliphatic rings. The molecule has 0 saturated heterocycles. The molecule has 14 heavy (non-hydrogen) atoms. The maximum absolute atomic E-state index is 11.0. The van der Waals surface area contributed by atoms with E-state index in [0.29, 0.717) is 0 Å². The maximum atomic E-state index is 11.0. The molecule has 1 rings (SSSR count). The molecule has 1 aromatic carbocycles. The van der Waals surface area contributed by atoms with Crippen LogP contribution in [0.2, 0.25) is 0 Å². The second kappa shape index (κ2) is 5.05. The van der Waals surface area contributed by atoms with Crippen molar-refractivity contribution >= 4 is 23.2 Å². The van der Waals surface area contributed by atoms with Crippen molar-refractivity contribution < 1.29 is 4.79 Å². The molecule has 0 aliphatic carbocycles. The Balaban J connectivity index is 2.46. The molecule has 3 heteroatoms. The minimum Gasteiger partial charge on any atom is -0.399 e. The van der Waals surface area contributed by atoms with Gasteiger partial charge in [-0.25, -0.2) is 0 Å². The molecule has 0 aromatic heterocycles. The van der Waals surface area contributed by atoms with Gasteiger partial charge in [-0.2, -0.15) is 0 Å². The van der Waals surface area contributed by atoms with Crippen molar-refractivity contribution in [1.29, 1.82) is 0 Å². The van der Waals surface area contributed by atoms with Gasteiger partial charge in [-0.15, -0.1) is 11.8 Å². The molecule has 0 fully saturated rings. The third-order valence-electron chi connectivity index (χ3n) is 2.05. The van der Waals surface area contributed by atoms with Gasteiger partial charge in [0.2, 0.25) is 0 Å². The minimum atomic E-state index is 0.0764. The molecule has 76 valence electrons. The van der Waals surface area contributed by atoms with Crippen molar-refractivity contribution in [2.75, 3.05) is 5.73 Å². The fraction of sp³-hybridized carbons (Fsp3) is 0.364. The molecule has 0 saturated carbocycles. The summed E-state index contributed by atoms with van der Waals surface area (Å²) in [4.78, 5) is 11.0. The first-order chi connectivity index (χ1) is 6.59. The van der Waals surface area contributed by atoms with E-state index in [1.807, 2.05) is 31.2 Å². The lowest BCUT2D eigenvalue weighted by atomic mass is 10.2. The van der Waals surface area contributed by atoms with E-state index in [9.17, 15) is 4.79 Å². The third kappa shape index (κ3) is 3.42. The Labute approximate surface area is 88.9 Å². The van der Waals surface area contributed by atoms with Crippen LogP contribution < -0.4 is 5.73 Å². The lowest BCUT2D eigenvalue weighted by Crippen LogP contribution is -2.08. The summed E-state index contributed by atoms with van der Waals surface area (Å²) in [6.45, 7) is 3.56. The van der Waals surface area contributed by atoms with E-state index in [2.05, 4.69) is 0 Å². The predicted molar refractivity (Wildman–Crippen MR) is 62.3 cm³/mol. The fourth-order valence-electron chi connectivity index (χ4n) is 0.952. The number of nitrogens with two attached hydrogens (primary N) is 1. The van der Waals surface area contributed by atoms with Crippen molar-refractivity contribution in [2.45, 2.75) is 24.9 Å². The van der Waals surface area contributed by atoms with E-state index in [1.165, 1.54) is 5.56 Å². The van der Waals surface area contributed by atoms with Crippen LogP contribution in [0.1, 0.15) is 19.4 Å². The van der Waals surface area contributed by atoms with Crippen LogP contribution in [0.3, 0.4) is 0 Å². The third-order valence-corrected chi connectivity index (χ3v) is 3.38. The first kappa shape index (κ1) is 11.1. The molecule has 0 spiro atoms. The molecule has 0 aliphatic heterocycles. The molecule has 0 amide bonds. The maximum Gasteiger partial charge on any atom is 0.142 e. The zero-order valence-electron chi connectivity index (χ0n) is 8.49. The van der Waals surface area contributed by atoms with Crippen molar-refractivity contribution in [3.8, 4) is 0 Å². The van der Waals surface area contributed by atoms with Crippen molar-refractivity contribution in [3.63, 3.8) is 0 Å². The van der Waals surface area contributed by atoms with Gasteiger partial charge in [-0.1, -0.05) is 12.1 Å². The van der Waals surface area contributed by atoms with Gasteiger partial charge in [0.15, 0.2) is 0 Å². The number of anilines is 1. The number of carbonyl (C=O) groups is 1. The first-order valence-electron chi connectivity index (χ1n) is 4.56. The van der Waals surface area contributed by atoms with Crippen LogP contribution in [0, 0.1) is 0 Å². The van der Waals surface area contributed by atoms with Gasteiger partial charge >= 0.3 is 0 Å². The van der Waals surface area contributed by atoms with Crippen LogP contribution in [0.4, 0.5) is 5.69 Å². The first-order valence-corrected chi connectivity index (χ1v) is 5.61. The molecule has 1 atom stereocenters. The monoisotopic (exact) mass is 209 g/mol. The second-order valence-electron chi connectivity index (χ2n) is 3.31. The van der Waals surface area contributed by atoms with Gasteiger partial charge in [0.05, 0.1) is 5.25 Å². The average Bonchev–Trinajstić information content (AvgIpc) is 2.16. The highest BCUT2D eigenvalue weighted by atomic mass is 32.2. The number of carbonyl (C=O) groups excluding carboxylic acids is 1. The van der Waals surface area contributed by atoms with Crippen molar-refractivity contribution in [2.24, 2.45) is 0 Å². The molecule has 0 heterocycles. The number of hydrogen-bond acceptors (Lipinski definition) is 3. The number of rotatable bonds is 4. The molecule has 0 radical (unpaired) electrons. The standard InChI is InChI=1S/C11H15NOS/c1-8(13)9(2)14-7-10-3-5-11(12)6-4-10/h3-6,9H,7,12H2,1-2H3. The van der Waals surface area contributed by atoms with Gasteiger partial charge in [0.25, 0.3) is 0 Å². The number of thioether (sulfide) groups is 1. The predicted octanol–water partition coefficient (Wildman–Crippen LogP) is 2.48. The smallest absolute Gasteiger partial charge is 0.142 e. The number of nitrogen functional groups attached to an aromatic ring is 1. The van der Waals surface area contributed by atoms with Crippen LogP contribution >= 0.6 is 11.8 Å². The van der Waals surface area contributed by atoms with Crippen LogP contribution in [0.15, 0.2) is 24.3 Å². The highest BCUT2D eigenvalue weighted by Gasteiger charge is 2.07. The Bertz CT molecular complexity index is 308. The van der Waals surface area contributed by atoms with Crippen LogP contribution in [-0.4, -0.2) is 11.0 Å². The summed E-state index contributed by atoms with van der Waals surface area (Å²) < 4.78 is 0. The van der Waals surface area contributed by atoms with Crippen LogP contribution in [0.5, 0.6) is 0 Å². The normalized spacial score (nSPS) is 12.4. The fourth-order valence-corrected chi connectivity index (χ4v) is 1.82. The number of benzene rings is 1. The summed E-state index contributed by atoms with van der Waals surface area (Å²) in [5.41, 5.74) is 7.55. The summed E-state index contributed by atoms with van der Waals surface area (Å²) in [6, 6.07) is 7.76. The molecular formula is C11H15NOS. The molecular weight excluding hydrogens is 194 g/mol. The Morgan fingerprint density at radius 1 is 1.43 bits per heavy atom. The van der Waals surface area contributed by atoms with Crippen molar-refractivity contribution in [1.82, 2.24) is 0 Å². The number of ketones is 1. The van der Waals surface area contributed by atoms with E-state index in [4.69, 9.17) is 5.73 Å². The zero-order chi connectivity index (χ0) is 10.6. The van der Waals surface area contributed by atoms with Crippen molar-refractivity contribution in [3.05, 3.63) is 29.8 Å². The van der Waals surface area contributed by atoms with E-state index >= 15 is 0 Å². The summed E-state index contributed by atoms with van der Waals surface area (Å²) in [5, 5.41) is 0.0764. The Kier molecular flexibility index (Phi) is 4.01. The van der Waals surface area contributed by atoms with E-state index < -0.39 is 0 Å². The molecule has 2 nitrogen and oxygen atoms in total. The molecule has 2 N–H and O–H groups in total. The van der Waals surface area contributed by atoms with E-state index in [-0.39, 0.29) is 11.0 Å². The summed E-state index contributed by atoms with van der Waals surface area (Å²) in [6.07, 6.45) is 0. The van der Waals surface area contributed by atoms with Crippen LogP contribution in [0.25, 0.3) is 0 Å². The highest BCUT2D eigenvalue weighted by Crippen LogP contribution is 2.18. The van der Waals surface area contributed by atoms with Gasteiger partial charge in [-0.3, -0.25) is 4.79 Å². The van der Waals surface area contributed by atoms with Gasteiger partial charge in [0, 0.05) is 11.4 Å². The van der Waals surface area contributed by atoms with E-state index in [1.54, 1.807) is 18.7 Å². The SMILES string of the molecule is CC(=O)C(C)SCc1ccc(N)cc1. The minimum absolute atomic E-state index is 0.0764. The molecule has 1 unspecified atom stereocenters. The quantitative estimate of drug-likeness (QED) is 0.775. The topological polar surface area (TPSA) is 43.1 Å². The second-order valence-corrected chi connectivity index (χ2v) is 4.63. The largest absolute Gasteiger partial charge is 0.399 e. The summed E-state index contributed by atoms with van der Waals surface area (Å²) >= 11 is 1.65. The number of hydrogen-bond donors (Lipinski definition) is 1. The average molecular weight is 209 g/mol. The van der Waals surface area contributed by atoms with Crippen LogP contribution in [-0.2, 0) is 10.5 Å². The van der Waals surface area contributed by atoms with E-state index in [0.717, 1.165) is 11.4 Å². The Morgan fingerprint density at radius 2 is 2.00 bits per heavy atom. The van der Waals surface area contributed by atoms with Gasteiger partial charge < -0.3 is 5.73 Å². The highest BCUT2D eigenvalue weighted by molar-refractivity contribution is 7.99. The van der Waals surface area contributed by atoms with Gasteiger partial charge in [-0.05, 0) is 31.5 Å². The Hall–Kier alpha value is -0.960. The zero-order valence-corrected chi connectivity index (χ0v) is 9.30.